The number of piperidine rings is 1. The smallest absolute Gasteiger partial charge is 0.226 e. The summed E-state index contributed by atoms with van der Waals surface area (Å²) in [6.45, 7) is 6.36. The Hall–Kier alpha value is -2.20. The zero-order chi connectivity index (χ0) is 17.4. The zero-order valence-corrected chi connectivity index (χ0v) is 14.9. The van der Waals surface area contributed by atoms with Gasteiger partial charge in [-0.05, 0) is 55.3 Å². The van der Waals surface area contributed by atoms with Gasteiger partial charge >= 0.3 is 0 Å². The van der Waals surface area contributed by atoms with Crippen LogP contribution in [0.2, 0.25) is 0 Å². The molecule has 2 aromatic rings. The Bertz CT molecular complexity index is 809. The summed E-state index contributed by atoms with van der Waals surface area (Å²) in [6, 6.07) is 10.6. The first-order valence-corrected chi connectivity index (χ1v) is 9.25. The van der Waals surface area contributed by atoms with Crippen molar-refractivity contribution in [2.45, 2.75) is 44.9 Å². The maximum atomic E-state index is 12.1. The van der Waals surface area contributed by atoms with Gasteiger partial charge in [-0.1, -0.05) is 31.2 Å². The van der Waals surface area contributed by atoms with Gasteiger partial charge in [0.2, 0.25) is 5.91 Å². The number of aromatic nitrogens is 1. The van der Waals surface area contributed by atoms with Gasteiger partial charge < -0.3 is 10.6 Å². The number of hydrogen-bond acceptors (Lipinski definition) is 3. The molecule has 2 N–H and O–H groups in total. The maximum Gasteiger partial charge on any atom is 0.226 e. The summed E-state index contributed by atoms with van der Waals surface area (Å²) < 4.78 is 0. The molecule has 3 heterocycles. The molecule has 2 atom stereocenters. The lowest BCUT2D eigenvalue weighted by molar-refractivity contribution is -0.116. The standard InChI is InChI=1S/C21H25N3O/c1-13-6-3-4-8-16(13)18-11-17(15-7-5-9-22-12-15)20-14(2)10-19(25)24-21(20)23-18/h3-4,6,8,11,14-15,22H,5,7,9-10,12H2,1-2H3,(H,23,24,25). The molecular weight excluding hydrogens is 310 g/mol. The van der Waals surface area contributed by atoms with E-state index in [-0.39, 0.29) is 11.8 Å². The van der Waals surface area contributed by atoms with E-state index in [0.717, 1.165) is 30.2 Å². The average Bonchev–Trinajstić information content (AvgIpc) is 2.61. The molecule has 0 aliphatic carbocycles. The molecule has 0 spiro atoms. The Morgan fingerprint density at radius 1 is 1.24 bits per heavy atom. The van der Waals surface area contributed by atoms with Gasteiger partial charge in [0.1, 0.15) is 5.82 Å². The minimum atomic E-state index is 0.0714. The number of carbonyl (C=O) groups excluding carboxylic acids is 1. The molecule has 1 aromatic carbocycles. The molecule has 1 saturated heterocycles. The fourth-order valence-corrected chi connectivity index (χ4v) is 4.20. The third-order valence-corrected chi connectivity index (χ3v) is 5.49. The third kappa shape index (κ3) is 3.07. The molecule has 4 heteroatoms. The van der Waals surface area contributed by atoms with Gasteiger partial charge in [0, 0.05) is 24.1 Å². The van der Waals surface area contributed by atoms with E-state index in [1.807, 2.05) is 12.1 Å². The number of anilines is 1. The number of carbonyl (C=O) groups is 1. The highest BCUT2D eigenvalue weighted by Gasteiger charge is 2.30. The largest absolute Gasteiger partial charge is 0.316 e. The van der Waals surface area contributed by atoms with Crippen molar-refractivity contribution in [2.24, 2.45) is 0 Å². The van der Waals surface area contributed by atoms with Crippen LogP contribution in [0.5, 0.6) is 0 Å². The van der Waals surface area contributed by atoms with Gasteiger partial charge in [-0.15, -0.1) is 0 Å². The van der Waals surface area contributed by atoms with E-state index in [2.05, 4.69) is 42.7 Å². The summed E-state index contributed by atoms with van der Waals surface area (Å²) in [5, 5.41) is 6.56. The van der Waals surface area contributed by atoms with Crippen molar-refractivity contribution >= 4 is 11.7 Å². The summed E-state index contributed by atoms with van der Waals surface area (Å²) in [4.78, 5) is 16.9. The van der Waals surface area contributed by atoms with Crippen LogP contribution in [0.25, 0.3) is 11.3 Å². The Balaban J connectivity index is 1.88. The van der Waals surface area contributed by atoms with Crippen LogP contribution in [-0.4, -0.2) is 24.0 Å². The third-order valence-electron chi connectivity index (χ3n) is 5.49. The number of rotatable bonds is 2. The molecule has 0 bridgehead atoms. The van der Waals surface area contributed by atoms with E-state index in [1.54, 1.807) is 0 Å². The van der Waals surface area contributed by atoms with Crippen LogP contribution in [0.3, 0.4) is 0 Å². The van der Waals surface area contributed by atoms with Crippen LogP contribution in [0, 0.1) is 6.92 Å². The van der Waals surface area contributed by atoms with Crippen molar-refractivity contribution in [3.63, 3.8) is 0 Å². The molecule has 130 valence electrons. The van der Waals surface area contributed by atoms with Gasteiger partial charge in [0.15, 0.2) is 0 Å². The normalized spacial score (nSPS) is 23.0. The van der Waals surface area contributed by atoms with Crippen LogP contribution < -0.4 is 10.6 Å². The first kappa shape index (κ1) is 16.3. The highest BCUT2D eigenvalue weighted by Crippen LogP contribution is 2.40. The molecule has 2 aliphatic rings. The van der Waals surface area contributed by atoms with Crippen LogP contribution in [-0.2, 0) is 4.79 Å². The molecule has 1 aromatic heterocycles. The zero-order valence-electron chi connectivity index (χ0n) is 14.9. The predicted molar refractivity (Wildman–Crippen MR) is 101 cm³/mol. The molecule has 2 unspecified atom stereocenters. The highest BCUT2D eigenvalue weighted by atomic mass is 16.1. The lowest BCUT2D eigenvalue weighted by atomic mass is 9.81. The van der Waals surface area contributed by atoms with Crippen LogP contribution in [0.1, 0.15) is 54.7 Å². The van der Waals surface area contributed by atoms with Crippen molar-refractivity contribution in [3.8, 4) is 11.3 Å². The predicted octanol–water partition coefficient (Wildman–Crippen LogP) is 3.97. The van der Waals surface area contributed by atoms with E-state index in [0.29, 0.717) is 12.3 Å². The Morgan fingerprint density at radius 3 is 2.84 bits per heavy atom. The van der Waals surface area contributed by atoms with Crippen molar-refractivity contribution < 1.29 is 4.79 Å². The van der Waals surface area contributed by atoms with Crippen molar-refractivity contribution in [1.29, 1.82) is 0 Å². The molecule has 4 nitrogen and oxygen atoms in total. The van der Waals surface area contributed by atoms with E-state index >= 15 is 0 Å². The van der Waals surface area contributed by atoms with Gasteiger partial charge in [-0.3, -0.25) is 4.79 Å². The molecule has 1 fully saturated rings. The van der Waals surface area contributed by atoms with Gasteiger partial charge in [-0.2, -0.15) is 0 Å². The average molecular weight is 335 g/mol. The number of benzene rings is 1. The quantitative estimate of drug-likeness (QED) is 0.873. The van der Waals surface area contributed by atoms with E-state index in [4.69, 9.17) is 4.98 Å². The lowest BCUT2D eigenvalue weighted by Gasteiger charge is -2.31. The first-order chi connectivity index (χ1) is 12.1. The molecule has 1 amide bonds. The number of aryl methyl sites for hydroxylation is 1. The highest BCUT2D eigenvalue weighted by molar-refractivity contribution is 5.94. The van der Waals surface area contributed by atoms with Crippen LogP contribution in [0.4, 0.5) is 5.82 Å². The van der Waals surface area contributed by atoms with Crippen LogP contribution in [0.15, 0.2) is 30.3 Å². The topological polar surface area (TPSA) is 54.0 Å². The fourth-order valence-electron chi connectivity index (χ4n) is 4.20. The Morgan fingerprint density at radius 2 is 2.08 bits per heavy atom. The minimum Gasteiger partial charge on any atom is -0.316 e. The number of fused-ring (bicyclic) bond motifs is 1. The monoisotopic (exact) mass is 335 g/mol. The number of nitrogens with one attached hydrogen (secondary N) is 2. The Kier molecular flexibility index (Phi) is 4.30. The molecule has 0 radical (unpaired) electrons. The minimum absolute atomic E-state index is 0.0714. The van der Waals surface area contributed by atoms with Gasteiger partial charge in [0.25, 0.3) is 0 Å². The van der Waals surface area contributed by atoms with Crippen molar-refractivity contribution in [1.82, 2.24) is 10.3 Å². The van der Waals surface area contributed by atoms with E-state index < -0.39 is 0 Å². The summed E-state index contributed by atoms with van der Waals surface area (Å²) in [7, 11) is 0. The first-order valence-electron chi connectivity index (χ1n) is 9.25. The summed E-state index contributed by atoms with van der Waals surface area (Å²) in [5.74, 6) is 1.55. The summed E-state index contributed by atoms with van der Waals surface area (Å²) >= 11 is 0. The number of pyridine rings is 1. The molecule has 25 heavy (non-hydrogen) atoms. The molecule has 4 rings (SSSR count). The molecule has 0 saturated carbocycles. The van der Waals surface area contributed by atoms with Gasteiger partial charge in [-0.25, -0.2) is 4.98 Å². The second-order valence-electron chi connectivity index (χ2n) is 7.37. The van der Waals surface area contributed by atoms with Gasteiger partial charge in [0.05, 0.1) is 5.69 Å². The van der Waals surface area contributed by atoms with Crippen molar-refractivity contribution in [3.05, 3.63) is 47.0 Å². The SMILES string of the molecule is Cc1ccccc1-c1cc(C2CCCNC2)c2c(n1)NC(=O)CC2C. The second kappa shape index (κ2) is 6.60. The maximum absolute atomic E-state index is 12.1. The molecular formula is C21H25N3O. The van der Waals surface area contributed by atoms with E-state index in [9.17, 15) is 4.79 Å². The summed E-state index contributed by atoms with van der Waals surface area (Å²) in [5.41, 5.74) is 5.92. The second-order valence-corrected chi connectivity index (χ2v) is 7.37. The van der Waals surface area contributed by atoms with Crippen LogP contribution >= 0.6 is 0 Å². The van der Waals surface area contributed by atoms with Crippen molar-refractivity contribution in [2.75, 3.05) is 18.4 Å². The summed E-state index contributed by atoms with van der Waals surface area (Å²) in [6.07, 6.45) is 2.94. The number of nitrogens with zero attached hydrogens (tertiary/aromatic N) is 1. The number of hydrogen-bond donors (Lipinski definition) is 2. The molecule has 2 aliphatic heterocycles. The lowest BCUT2D eigenvalue weighted by Crippen LogP contribution is -2.31. The Labute approximate surface area is 149 Å². The van der Waals surface area contributed by atoms with E-state index in [1.165, 1.54) is 29.5 Å². The fraction of sp³-hybridized carbons (Fsp3) is 0.429. The number of amides is 1.